The largest absolute Gasteiger partial charge is 0.265 e. The Bertz CT molecular complexity index is 620. The van der Waals surface area contributed by atoms with Gasteiger partial charge in [-0.25, -0.2) is 0 Å². The van der Waals surface area contributed by atoms with E-state index >= 15 is 0 Å². The summed E-state index contributed by atoms with van der Waals surface area (Å²) in [5, 5.41) is 10.5. The first-order valence-electron chi connectivity index (χ1n) is 5.81. The molecule has 0 spiro atoms. The number of nitriles is 1. The van der Waals surface area contributed by atoms with Crippen LogP contribution in [-0.4, -0.2) is 4.98 Å². The zero-order valence-corrected chi connectivity index (χ0v) is 11.9. The van der Waals surface area contributed by atoms with Crippen molar-refractivity contribution in [2.24, 2.45) is 0 Å². The van der Waals surface area contributed by atoms with Gasteiger partial charge in [0.2, 0.25) is 0 Å². The molecule has 2 rings (SSSR count). The van der Waals surface area contributed by atoms with E-state index < -0.39 is 5.41 Å². The van der Waals surface area contributed by atoms with E-state index in [0.29, 0.717) is 16.5 Å². The summed E-state index contributed by atoms with van der Waals surface area (Å²) in [4.78, 5) is 3.98. The topological polar surface area (TPSA) is 36.7 Å². The monoisotopic (exact) mass is 290 g/mol. The Hall–Kier alpha value is -1.56. The van der Waals surface area contributed by atoms with Crippen LogP contribution in [0.2, 0.25) is 10.0 Å². The van der Waals surface area contributed by atoms with Gasteiger partial charge in [0.25, 0.3) is 0 Å². The number of nitrogens with zero attached hydrogens (tertiary/aromatic N) is 2. The van der Waals surface area contributed by atoms with E-state index in [4.69, 9.17) is 23.2 Å². The van der Waals surface area contributed by atoms with Gasteiger partial charge in [-0.1, -0.05) is 29.3 Å². The van der Waals surface area contributed by atoms with Crippen LogP contribution in [0.25, 0.3) is 0 Å². The number of aromatic nitrogens is 1. The van der Waals surface area contributed by atoms with E-state index in [1.165, 1.54) is 0 Å². The normalized spacial score (nSPS) is 13.6. The van der Waals surface area contributed by atoms with Crippen LogP contribution in [0.3, 0.4) is 0 Å². The highest BCUT2D eigenvalue weighted by Gasteiger charge is 2.27. The van der Waals surface area contributed by atoms with Crippen molar-refractivity contribution in [3.05, 3.63) is 63.9 Å². The molecule has 0 saturated carbocycles. The Morgan fingerprint density at radius 2 is 1.84 bits per heavy atom. The predicted molar refractivity (Wildman–Crippen MR) is 77.4 cm³/mol. The van der Waals surface area contributed by atoms with Crippen molar-refractivity contribution in [3.63, 3.8) is 0 Å². The molecule has 1 aromatic carbocycles. The van der Waals surface area contributed by atoms with Gasteiger partial charge in [-0.05, 0) is 48.7 Å². The third kappa shape index (κ3) is 3.07. The van der Waals surface area contributed by atoms with E-state index in [1.54, 1.807) is 24.5 Å². The lowest BCUT2D eigenvalue weighted by Gasteiger charge is -2.22. The molecular formula is C15H12Cl2N2. The number of hydrogen-bond donors (Lipinski definition) is 0. The summed E-state index contributed by atoms with van der Waals surface area (Å²) in [6.45, 7) is 1.90. The average Bonchev–Trinajstić information content (AvgIpc) is 2.43. The highest BCUT2D eigenvalue weighted by Crippen LogP contribution is 2.32. The molecule has 0 saturated heterocycles. The maximum atomic E-state index is 9.52. The van der Waals surface area contributed by atoms with Gasteiger partial charge in [-0.15, -0.1) is 0 Å². The highest BCUT2D eigenvalue weighted by atomic mass is 35.5. The molecule has 0 aliphatic carbocycles. The molecule has 2 aromatic rings. The number of pyridine rings is 1. The van der Waals surface area contributed by atoms with Crippen LogP contribution in [0.5, 0.6) is 0 Å². The average molecular weight is 291 g/mol. The van der Waals surface area contributed by atoms with Crippen molar-refractivity contribution in [1.82, 2.24) is 4.98 Å². The molecule has 0 radical (unpaired) electrons. The van der Waals surface area contributed by atoms with Gasteiger partial charge in [-0.3, -0.25) is 4.98 Å². The lowest BCUT2D eigenvalue weighted by Crippen LogP contribution is -2.22. The van der Waals surface area contributed by atoms with Crippen LogP contribution in [0.15, 0.2) is 42.7 Å². The Balaban J connectivity index is 2.37. The predicted octanol–water partition coefficient (Wildman–Crippen LogP) is 4.41. The fraction of sp³-hybridized carbons (Fsp3) is 0.200. The highest BCUT2D eigenvalue weighted by molar-refractivity contribution is 6.42. The Morgan fingerprint density at radius 3 is 2.42 bits per heavy atom. The Labute approximate surface area is 122 Å². The molecule has 1 heterocycles. The van der Waals surface area contributed by atoms with Crippen LogP contribution in [-0.2, 0) is 11.8 Å². The van der Waals surface area contributed by atoms with Crippen LogP contribution in [0.1, 0.15) is 18.1 Å². The summed E-state index contributed by atoms with van der Waals surface area (Å²) in [5.74, 6) is 0. The minimum absolute atomic E-state index is 0.468. The minimum Gasteiger partial charge on any atom is -0.265 e. The van der Waals surface area contributed by atoms with Crippen molar-refractivity contribution in [2.45, 2.75) is 18.8 Å². The van der Waals surface area contributed by atoms with Crippen molar-refractivity contribution >= 4 is 23.2 Å². The zero-order valence-electron chi connectivity index (χ0n) is 10.4. The minimum atomic E-state index is -0.643. The first-order valence-corrected chi connectivity index (χ1v) is 6.56. The summed E-state index contributed by atoms with van der Waals surface area (Å²) in [6.07, 6.45) is 4.05. The Kier molecular flexibility index (Phi) is 4.09. The molecule has 96 valence electrons. The van der Waals surface area contributed by atoms with E-state index in [1.807, 2.05) is 25.1 Å². The summed E-state index contributed by atoms with van der Waals surface area (Å²) in [6, 6.07) is 11.5. The zero-order chi connectivity index (χ0) is 13.9. The van der Waals surface area contributed by atoms with Gasteiger partial charge in [-0.2, -0.15) is 5.26 Å². The lowest BCUT2D eigenvalue weighted by molar-refractivity contribution is 0.606. The molecule has 4 heteroatoms. The summed E-state index contributed by atoms with van der Waals surface area (Å²) >= 11 is 11.9. The van der Waals surface area contributed by atoms with Crippen molar-refractivity contribution in [1.29, 1.82) is 5.26 Å². The molecule has 1 aromatic heterocycles. The van der Waals surface area contributed by atoms with Crippen LogP contribution in [0, 0.1) is 11.3 Å². The molecule has 1 atom stereocenters. The van der Waals surface area contributed by atoms with E-state index in [2.05, 4.69) is 11.1 Å². The smallest absolute Gasteiger partial charge is 0.0835 e. The van der Waals surface area contributed by atoms with Crippen molar-refractivity contribution in [2.75, 3.05) is 0 Å². The number of halogens is 2. The fourth-order valence-corrected chi connectivity index (χ4v) is 2.25. The van der Waals surface area contributed by atoms with Crippen LogP contribution in [0.4, 0.5) is 0 Å². The second-order valence-corrected chi connectivity index (χ2v) is 5.42. The third-order valence-corrected chi connectivity index (χ3v) is 3.85. The van der Waals surface area contributed by atoms with Gasteiger partial charge in [0.1, 0.15) is 0 Å². The molecule has 19 heavy (non-hydrogen) atoms. The summed E-state index contributed by atoms with van der Waals surface area (Å²) in [7, 11) is 0. The second-order valence-electron chi connectivity index (χ2n) is 4.61. The second kappa shape index (κ2) is 5.61. The van der Waals surface area contributed by atoms with Gasteiger partial charge in [0.15, 0.2) is 0 Å². The van der Waals surface area contributed by atoms with Crippen LogP contribution >= 0.6 is 23.2 Å². The number of rotatable bonds is 3. The summed E-state index contributed by atoms with van der Waals surface area (Å²) < 4.78 is 0. The van der Waals surface area contributed by atoms with Gasteiger partial charge >= 0.3 is 0 Å². The van der Waals surface area contributed by atoms with Crippen LogP contribution < -0.4 is 0 Å². The van der Waals surface area contributed by atoms with Crippen molar-refractivity contribution < 1.29 is 0 Å². The molecule has 1 unspecified atom stereocenters. The molecule has 0 aliphatic heterocycles. The molecular weight excluding hydrogens is 279 g/mol. The lowest BCUT2D eigenvalue weighted by atomic mass is 9.79. The first-order chi connectivity index (χ1) is 9.05. The first kappa shape index (κ1) is 13.9. The van der Waals surface area contributed by atoms with E-state index in [-0.39, 0.29) is 0 Å². The molecule has 0 bridgehead atoms. The van der Waals surface area contributed by atoms with Gasteiger partial charge < -0.3 is 0 Å². The molecule has 2 nitrogen and oxygen atoms in total. The summed E-state index contributed by atoms with van der Waals surface area (Å²) in [5.41, 5.74) is 1.28. The molecule has 0 aliphatic rings. The fourth-order valence-electron chi connectivity index (χ4n) is 1.95. The van der Waals surface area contributed by atoms with E-state index in [9.17, 15) is 5.26 Å². The van der Waals surface area contributed by atoms with Crippen molar-refractivity contribution in [3.8, 4) is 6.07 Å². The number of hydrogen-bond acceptors (Lipinski definition) is 2. The standard InChI is InChI=1S/C15H12Cl2N2/c1-15(10-18,9-11-4-6-19-7-5-11)12-2-3-13(16)14(17)8-12/h2-8H,9H2,1H3. The maximum absolute atomic E-state index is 9.52. The molecule has 0 amide bonds. The van der Waals surface area contributed by atoms with E-state index in [0.717, 1.165) is 11.1 Å². The molecule has 0 fully saturated rings. The Morgan fingerprint density at radius 1 is 1.16 bits per heavy atom. The maximum Gasteiger partial charge on any atom is 0.0835 e. The number of benzene rings is 1. The quantitative estimate of drug-likeness (QED) is 0.839. The SMILES string of the molecule is CC(C#N)(Cc1ccncc1)c1ccc(Cl)c(Cl)c1. The van der Waals surface area contributed by atoms with Gasteiger partial charge in [0.05, 0.1) is 21.5 Å². The third-order valence-electron chi connectivity index (χ3n) is 3.11. The molecule has 0 N–H and O–H groups in total. The van der Waals surface area contributed by atoms with Gasteiger partial charge in [0, 0.05) is 12.4 Å².